The van der Waals surface area contributed by atoms with Crippen LogP contribution < -0.4 is 5.73 Å². The van der Waals surface area contributed by atoms with Gasteiger partial charge in [0.15, 0.2) is 5.72 Å². The lowest BCUT2D eigenvalue weighted by molar-refractivity contribution is -0.366. The molecule has 30 heavy (non-hydrogen) atoms. The monoisotopic (exact) mass is 439 g/mol. The molecule has 1 aliphatic heterocycles. The van der Waals surface area contributed by atoms with Crippen LogP contribution in [-0.4, -0.2) is 63.7 Å². The predicted molar refractivity (Wildman–Crippen MR) is 108 cm³/mol. The van der Waals surface area contributed by atoms with Crippen molar-refractivity contribution >= 4 is 11.6 Å². The zero-order valence-corrected chi connectivity index (χ0v) is 17.3. The Morgan fingerprint density at radius 1 is 1.13 bits per heavy atom. The van der Waals surface area contributed by atoms with Crippen molar-refractivity contribution in [2.75, 3.05) is 13.7 Å². The number of methoxy groups -OCH3 is 1. The summed E-state index contributed by atoms with van der Waals surface area (Å²) in [6, 6.07) is 11.2. The fraction of sp³-hybridized carbons (Fsp3) is 0.429. The lowest BCUT2D eigenvalue weighted by Crippen LogP contribution is -2.64. The van der Waals surface area contributed by atoms with Gasteiger partial charge >= 0.3 is 0 Å². The van der Waals surface area contributed by atoms with Gasteiger partial charge in [-0.05, 0) is 19.1 Å². The van der Waals surface area contributed by atoms with Gasteiger partial charge in [-0.1, -0.05) is 47.5 Å². The summed E-state index contributed by atoms with van der Waals surface area (Å²) in [5.74, 6) is -1.95. The van der Waals surface area contributed by atoms with Crippen LogP contribution in [0.25, 0.3) is 0 Å². The molecule has 0 bridgehead atoms. The zero-order chi connectivity index (χ0) is 22.3. The number of halogens is 1. The number of aryl methyl sites for hydroxylation is 1. The Morgan fingerprint density at radius 2 is 1.77 bits per heavy atom. The van der Waals surface area contributed by atoms with Gasteiger partial charge in [0.1, 0.15) is 24.4 Å². The van der Waals surface area contributed by atoms with E-state index in [4.69, 9.17) is 26.8 Å². The van der Waals surface area contributed by atoms with Gasteiger partial charge in [-0.25, -0.2) is 0 Å². The van der Waals surface area contributed by atoms with E-state index in [1.807, 2.05) is 6.92 Å². The first-order chi connectivity index (χ1) is 14.1. The Bertz CT molecular complexity index is 889. The normalized spacial score (nSPS) is 31.4. The van der Waals surface area contributed by atoms with Gasteiger partial charge in [-0.3, -0.25) is 5.73 Å². The molecule has 6 unspecified atom stereocenters. The van der Waals surface area contributed by atoms with Crippen LogP contribution in [0.15, 0.2) is 42.5 Å². The van der Waals surface area contributed by atoms with Crippen molar-refractivity contribution in [2.24, 2.45) is 5.73 Å². The maximum absolute atomic E-state index is 11.1. The van der Waals surface area contributed by atoms with Crippen LogP contribution >= 0.6 is 11.6 Å². The van der Waals surface area contributed by atoms with E-state index in [-0.39, 0.29) is 16.1 Å². The first-order valence-electron chi connectivity index (χ1n) is 9.35. The van der Waals surface area contributed by atoms with Crippen LogP contribution in [0.1, 0.15) is 22.3 Å². The van der Waals surface area contributed by atoms with Crippen molar-refractivity contribution in [1.82, 2.24) is 0 Å². The van der Waals surface area contributed by atoms with E-state index in [1.54, 1.807) is 24.3 Å². The number of nitrogens with two attached hydrogens (primary N) is 1. The Labute approximate surface area is 179 Å². The van der Waals surface area contributed by atoms with Crippen molar-refractivity contribution in [3.8, 4) is 0 Å². The third kappa shape index (κ3) is 3.75. The first-order valence-corrected chi connectivity index (χ1v) is 9.73. The minimum absolute atomic E-state index is 0.110. The number of hydrogen-bond acceptors (Lipinski definition) is 8. The molecule has 9 heteroatoms. The molecule has 0 spiro atoms. The van der Waals surface area contributed by atoms with Gasteiger partial charge in [0.2, 0.25) is 5.79 Å². The molecule has 0 saturated carbocycles. The van der Waals surface area contributed by atoms with E-state index < -0.39 is 42.5 Å². The number of aliphatic hydroxyl groups is 5. The van der Waals surface area contributed by atoms with Crippen molar-refractivity contribution in [3.05, 3.63) is 69.7 Å². The highest BCUT2D eigenvalue weighted by Gasteiger charge is 2.55. The number of aliphatic hydroxyl groups excluding tert-OH is 4. The van der Waals surface area contributed by atoms with Gasteiger partial charge in [0.05, 0.1) is 6.61 Å². The molecule has 0 aromatic heterocycles. The summed E-state index contributed by atoms with van der Waals surface area (Å²) in [4.78, 5) is 0. The SMILES string of the molecule is COC1(c2ccc(Cl)c(C(N)(O)c3ccc(C)cc3)c2)OC(CO)C(O)C(O)C1O. The second-order valence-corrected chi connectivity index (χ2v) is 7.87. The standard InChI is InChI=1S/C21H26ClNO7/c1-11-3-5-12(6-4-11)20(23,28)14-9-13(7-8-15(14)22)21(29-2)19(27)18(26)17(25)16(10-24)30-21/h3-9,16-19,24-28H,10,23H2,1-2H3. The van der Waals surface area contributed by atoms with Crippen LogP contribution in [0.2, 0.25) is 5.02 Å². The minimum Gasteiger partial charge on any atom is -0.394 e. The molecule has 1 saturated heterocycles. The Kier molecular flexibility index (Phi) is 6.54. The summed E-state index contributed by atoms with van der Waals surface area (Å²) in [5.41, 5.74) is 5.90. The fourth-order valence-corrected chi connectivity index (χ4v) is 3.93. The van der Waals surface area contributed by atoms with Crippen molar-refractivity contribution < 1.29 is 35.0 Å². The quantitative estimate of drug-likeness (QED) is 0.359. The van der Waals surface area contributed by atoms with Crippen molar-refractivity contribution in [2.45, 2.75) is 42.9 Å². The molecular weight excluding hydrogens is 414 g/mol. The Morgan fingerprint density at radius 3 is 2.33 bits per heavy atom. The summed E-state index contributed by atoms with van der Waals surface area (Å²) < 4.78 is 11.1. The topological polar surface area (TPSA) is 146 Å². The molecule has 0 amide bonds. The third-order valence-electron chi connectivity index (χ3n) is 5.52. The number of rotatable bonds is 5. The van der Waals surface area contributed by atoms with E-state index in [0.717, 1.165) is 5.56 Å². The maximum atomic E-state index is 11.1. The highest BCUT2D eigenvalue weighted by atomic mass is 35.5. The van der Waals surface area contributed by atoms with E-state index in [9.17, 15) is 25.5 Å². The molecule has 1 fully saturated rings. The smallest absolute Gasteiger partial charge is 0.224 e. The van der Waals surface area contributed by atoms with Crippen LogP contribution in [0.5, 0.6) is 0 Å². The Hall–Kier alpha value is -1.59. The fourth-order valence-electron chi connectivity index (χ4n) is 3.66. The lowest BCUT2D eigenvalue weighted by atomic mass is 9.85. The molecule has 3 rings (SSSR count). The van der Waals surface area contributed by atoms with Crippen molar-refractivity contribution in [3.63, 3.8) is 0 Å². The molecule has 6 atom stereocenters. The third-order valence-corrected chi connectivity index (χ3v) is 5.85. The van der Waals surface area contributed by atoms with Crippen LogP contribution in [-0.2, 0) is 21.0 Å². The summed E-state index contributed by atoms with van der Waals surface area (Å²) in [6.07, 6.45) is -6.13. The first kappa shape index (κ1) is 23.1. The van der Waals surface area contributed by atoms with Gasteiger partial charge in [-0.2, -0.15) is 0 Å². The average Bonchev–Trinajstić information content (AvgIpc) is 2.73. The summed E-state index contributed by atoms with van der Waals surface area (Å²) in [7, 11) is 1.24. The zero-order valence-electron chi connectivity index (χ0n) is 16.6. The molecule has 0 radical (unpaired) electrons. The minimum atomic E-state index is -1.98. The highest BCUT2D eigenvalue weighted by Crippen LogP contribution is 2.41. The van der Waals surface area contributed by atoms with Crippen LogP contribution in [0.3, 0.4) is 0 Å². The molecule has 164 valence electrons. The van der Waals surface area contributed by atoms with E-state index in [2.05, 4.69) is 0 Å². The molecule has 1 heterocycles. The number of ether oxygens (including phenoxy) is 2. The van der Waals surface area contributed by atoms with E-state index >= 15 is 0 Å². The number of benzene rings is 2. The largest absolute Gasteiger partial charge is 0.394 e. The lowest BCUT2D eigenvalue weighted by Gasteiger charge is -2.47. The summed E-state index contributed by atoms with van der Waals surface area (Å²) in [5, 5.41) is 51.8. The van der Waals surface area contributed by atoms with Gasteiger partial charge in [0, 0.05) is 28.8 Å². The molecule has 0 aliphatic carbocycles. The van der Waals surface area contributed by atoms with Gasteiger partial charge in [0.25, 0.3) is 0 Å². The Balaban J connectivity index is 2.12. The van der Waals surface area contributed by atoms with Crippen molar-refractivity contribution in [1.29, 1.82) is 0 Å². The van der Waals surface area contributed by atoms with Crippen LogP contribution in [0, 0.1) is 6.92 Å². The number of hydrogen-bond donors (Lipinski definition) is 6. The second-order valence-electron chi connectivity index (χ2n) is 7.46. The molecular formula is C21H26ClNO7. The second kappa shape index (κ2) is 8.51. The van der Waals surface area contributed by atoms with Crippen LogP contribution in [0.4, 0.5) is 0 Å². The molecule has 2 aromatic carbocycles. The van der Waals surface area contributed by atoms with Gasteiger partial charge in [-0.15, -0.1) is 0 Å². The summed E-state index contributed by atoms with van der Waals surface area (Å²) >= 11 is 6.32. The van der Waals surface area contributed by atoms with Gasteiger partial charge < -0.3 is 35.0 Å². The summed E-state index contributed by atoms with van der Waals surface area (Å²) in [6.45, 7) is 1.27. The molecule has 7 N–H and O–H groups in total. The predicted octanol–water partition coefficient (Wildman–Crippen LogP) is 0.0735. The highest BCUT2D eigenvalue weighted by molar-refractivity contribution is 6.31. The maximum Gasteiger partial charge on any atom is 0.224 e. The van der Waals surface area contributed by atoms with E-state index in [0.29, 0.717) is 5.56 Å². The average molecular weight is 440 g/mol. The molecule has 1 aliphatic rings. The molecule has 2 aromatic rings. The van der Waals surface area contributed by atoms with E-state index in [1.165, 1.54) is 25.3 Å². The molecule has 8 nitrogen and oxygen atoms in total.